The molecule has 74 valence electrons. The molecule has 1 unspecified atom stereocenters. The lowest BCUT2D eigenvalue weighted by Gasteiger charge is -2.15. The van der Waals surface area contributed by atoms with Crippen molar-refractivity contribution in [3.05, 3.63) is 11.8 Å². The summed E-state index contributed by atoms with van der Waals surface area (Å²) in [6.07, 6.45) is 2.94. The summed E-state index contributed by atoms with van der Waals surface area (Å²) >= 11 is 0. The standard InChI is InChI=1S/C10H19N3/c1-7(2)5-9(4)13-10(11)8(3)6-12-13/h6-7,9H,5,11H2,1-4H3. The van der Waals surface area contributed by atoms with E-state index in [0.717, 1.165) is 17.8 Å². The first kappa shape index (κ1) is 10.1. The second-order valence-electron chi connectivity index (χ2n) is 4.14. The SMILES string of the molecule is Cc1cnn(C(C)CC(C)C)c1N. The maximum Gasteiger partial charge on any atom is 0.124 e. The van der Waals surface area contributed by atoms with Crippen LogP contribution >= 0.6 is 0 Å². The van der Waals surface area contributed by atoms with Crippen molar-refractivity contribution in [1.29, 1.82) is 0 Å². The van der Waals surface area contributed by atoms with E-state index < -0.39 is 0 Å². The molecular formula is C10H19N3. The third-order valence-electron chi connectivity index (χ3n) is 2.26. The lowest BCUT2D eigenvalue weighted by Crippen LogP contribution is -2.12. The first-order valence-electron chi connectivity index (χ1n) is 4.82. The topological polar surface area (TPSA) is 43.8 Å². The molecule has 0 aliphatic rings. The van der Waals surface area contributed by atoms with Crippen molar-refractivity contribution in [3.63, 3.8) is 0 Å². The van der Waals surface area contributed by atoms with Gasteiger partial charge in [0.2, 0.25) is 0 Å². The van der Waals surface area contributed by atoms with Gasteiger partial charge in [0.25, 0.3) is 0 Å². The number of hydrogen-bond acceptors (Lipinski definition) is 2. The molecule has 0 saturated carbocycles. The van der Waals surface area contributed by atoms with Crippen molar-refractivity contribution in [2.75, 3.05) is 5.73 Å². The average molecular weight is 181 g/mol. The molecule has 0 amide bonds. The van der Waals surface area contributed by atoms with Crippen LogP contribution in [-0.2, 0) is 0 Å². The van der Waals surface area contributed by atoms with Gasteiger partial charge < -0.3 is 5.73 Å². The summed E-state index contributed by atoms with van der Waals surface area (Å²) in [6.45, 7) is 8.57. The van der Waals surface area contributed by atoms with Crippen LogP contribution in [0.5, 0.6) is 0 Å². The Bertz CT molecular complexity index is 276. The predicted octanol–water partition coefficient (Wildman–Crippen LogP) is 2.38. The average Bonchev–Trinajstić information content (AvgIpc) is 2.31. The van der Waals surface area contributed by atoms with Gasteiger partial charge in [0.15, 0.2) is 0 Å². The highest BCUT2D eigenvalue weighted by Gasteiger charge is 2.11. The van der Waals surface area contributed by atoms with E-state index in [4.69, 9.17) is 5.73 Å². The van der Waals surface area contributed by atoms with Crippen molar-refractivity contribution in [2.24, 2.45) is 5.92 Å². The molecule has 0 fully saturated rings. The second-order valence-corrected chi connectivity index (χ2v) is 4.14. The van der Waals surface area contributed by atoms with Crippen LogP contribution in [0.1, 0.15) is 38.8 Å². The zero-order chi connectivity index (χ0) is 10.0. The fourth-order valence-electron chi connectivity index (χ4n) is 1.59. The Morgan fingerprint density at radius 1 is 1.46 bits per heavy atom. The molecule has 0 aliphatic heterocycles. The maximum absolute atomic E-state index is 5.88. The van der Waals surface area contributed by atoms with E-state index in [1.807, 2.05) is 17.8 Å². The van der Waals surface area contributed by atoms with E-state index in [2.05, 4.69) is 25.9 Å². The fraction of sp³-hybridized carbons (Fsp3) is 0.700. The summed E-state index contributed by atoms with van der Waals surface area (Å²) in [4.78, 5) is 0. The van der Waals surface area contributed by atoms with Crippen LogP contribution in [0, 0.1) is 12.8 Å². The van der Waals surface area contributed by atoms with Crippen molar-refractivity contribution < 1.29 is 0 Å². The van der Waals surface area contributed by atoms with E-state index in [0.29, 0.717) is 12.0 Å². The van der Waals surface area contributed by atoms with Gasteiger partial charge in [-0.15, -0.1) is 0 Å². The molecule has 3 heteroatoms. The maximum atomic E-state index is 5.88. The minimum Gasteiger partial charge on any atom is -0.384 e. The summed E-state index contributed by atoms with van der Waals surface area (Å²) in [5.41, 5.74) is 6.95. The quantitative estimate of drug-likeness (QED) is 0.778. The third kappa shape index (κ3) is 2.23. The molecule has 1 atom stereocenters. The fourth-order valence-corrected chi connectivity index (χ4v) is 1.59. The van der Waals surface area contributed by atoms with Crippen molar-refractivity contribution >= 4 is 5.82 Å². The minimum atomic E-state index is 0.397. The van der Waals surface area contributed by atoms with Crippen LogP contribution in [0.2, 0.25) is 0 Å². The first-order valence-corrected chi connectivity index (χ1v) is 4.82. The number of anilines is 1. The summed E-state index contributed by atoms with van der Waals surface area (Å²) in [7, 11) is 0. The van der Waals surface area contributed by atoms with Gasteiger partial charge in [-0.1, -0.05) is 13.8 Å². The van der Waals surface area contributed by atoms with Gasteiger partial charge in [-0.3, -0.25) is 0 Å². The van der Waals surface area contributed by atoms with Gasteiger partial charge in [0.1, 0.15) is 5.82 Å². The Hall–Kier alpha value is -0.990. The normalized spacial score (nSPS) is 13.6. The Kier molecular flexibility index (Phi) is 2.96. The van der Waals surface area contributed by atoms with E-state index in [1.165, 1.54) is 0 Å². The van der Waals surface area contributed by atoms with E-state index in [9.17, 15) is 0 Å². The molecule has 0 aromatic carbocycles. The highest BCUT2D eigenvalue weighted by Crippen LogP contribution is 2.20. The molecule has 3 nitrogen and oxygen atoms in total. The number of nitrogens with two attached hydrogens (primary N) is 1. The van der Waals surface area contributed by atoms with Gasteiger partial charge in [0, 0.05) is 5.56 Å². The highest BCUT2D eigenvalue weighted by atomic mass is 15.3. The van der Waals surface area contributed by atoms with E-state index in [-0.39, 0.29) is 0 Å². The largest absolute Gasteiger partial charge is 0.384 e. The second kappa shape index (κ2) is 3.81. The van der Waals surface area contributed by atoms with Gasteiger partial charge in [-0.2, -0.15) is 5.10 Å². The molecule has 0 saturated heterocycles. The molecule has 1 aromatic rings. The zero-order valence-electron chi connectivity index (χ0n) is 8.91. The molecule has 1 aromatic heterocycles. The smallest absolute Gasteiger partial charge is 0.124 e. The lowest BCUT2D eigenvalue weighted by molar-refractivity contribution is 0.402. The van der Waals surface area contributed by atoms with Crippen LogP contribution in [0.3, 0.4) is 0 Å². The highest BCUT2D eigenvalue weighted by molar-refractivity contribution is 5.37. The number of nitrogen functional groups attached to an aromatic ring is 1. The van der Waals surface area contributed by atoms with Crippen LogP contribution in [0.4, 0.5) is 5.82 Å². The first-order chi connectivity index (χ1) is 6.02. The van der Waals surface area contributed by atoms with Crippen molar-refractivity contribution in [3.8, 4) is 0 Å². The molecule has 1 heterocycles. The number of rotatable bonds is 3. The summed E-state index contributed by atoms with van der Waals surface area (Å²) in [6, 6.07) is 0.397. The van der Waals surface area contributed by atoms with Gasteiger partial charge in [-0.25, -0.2) is 4.68 Å². The van der Waals surface area contributed by atoms with Crippen LogP contribution in [-0.4, -0.2) is 9.78 Å². The Morgan fingerprint density at radius 2 is 2.08 bits per heavy atom. The Labute approximate surface area is 79.9 Å². The van der Waals surface area contributed by atoms with Gasteiger partial charge in [-0.05, 0) is 26.2 Å². The summed E-state index contributed by atoms with van der Waals surface area (Å²) in [5, 5.41) is 4.26. The molecule has 0 radical (unpaired) electrons. The third-order valence-corrected chi connectivity index (χ3v) is 2.26. The lowest BCUT2D eigenvalue weighted by atomic mass is 10.1. The van der Waals surface area contributed by atoms with E-state index >= 15 is 0 Å². The molecule has 2 N–H and O–H groups in total. The van der Waals surface area contributed by atoms with E-state index in [1.54, 1.807) is 0 Å². The number of aryl methyl sites for hydroxylation is 1. The molecule has 0 spiro atoms. The molecule has 0 bridgehead atoms. The number of aromatic nitrogens is 2. The molecular weight excluding hydrogens is 162 g/mol. The van der Waals surface area contributed by atoms with Gasteiger partial charge >= 0.3 is 0 Å². The van der Waals surface area contributed by atoms with Crippen LogP contribution in [0.25, 0.3) is 0 Å². The number of hydrogen-bond donors (Lipinski definition) is 1. The minimum absolute atomic E-state index is 0.397. The monoisotopic (exact) mass is 181 g/mol. The predicted molar refractivity (Wildman–Crippen MR) is 55.5 cm³/mol. The van der Waals surface area contributed by atoms with Crippen LogP contribution < -0.4 is 5.73 Å². The zero-order valence-corrected chi connectivity index (χ0v) is 8.91. The molecule has 1 rings (SSSR count). The summed E-state index contributed by atoms with van der Waals surface area (Å²) < 4.78 is 1.91. The summed E-state index contributed by atoms with van der Waals surface area (Å²) in [5.74, 6) is 1.48. The Balaban J connectivity index is 2.76. The van der Waals surface area contributed by atoms with Crippen molar-refractivity contribution in [1.82, 2.24) is 9.78 Å². The van der Waals surface area contributed by atoms with Gasteiger partial charge in [0.05, 0.1) is 12.2 Å². The van der Waals surface area contributed by atoms with Crippen LogP contribution in [0.15, 0.2) is 6.20 Å². The molecule has 0 aliphatic carbocycles. The number of nitrogens with zero attached hydrogens (tertiary/aromatic N) is 2. The van der Waals surface area contributed by atoms with Crippen molar-refractivity contribution in [2.45, 2.75) is 40.2 Å². The molecule has 13 heavy (non-hydrogen) atoms. The Morgan fingerprint density at radius 3 is 2.46 bits per heavy atom.